The number of hydrogen-bond acceptors (Lipinski definition) is 2. The molecule has 1 aromatic rings. The number of benzene rings is 1. The summed E-state index contributed by atoms with van der Waals surface area (Å²) in [4.78, 5) is 0. The van der Waals surface area contributed by atoms with Gasteiger partial charge in [0.25, 0.3) is 0 Å². The molecule has 0 saturated heterocycles. The molecule has 0 unspecified atom stereocenters. The van der Waals surface area contributed by atoms with Crippen molar-refractivity contribution in [3.63, 3.8) is 0 Å². The minimum Gasteiger partial charge on any atom is -0.491 e. The van der Waals surface area contributed by atoms with Gasteiger partial charge in [0.1, 0.15) is 18.2 Å². The SMILES string of the molecule is COCCOc1cc(F)cc(I)c1. The molecule has 13 heavy (non-hydrogen) atoms. The molecule has 0 aliphatic carbocycles. The van der Waals surface area contributed by atoms with E-state index < -0.39 is 0 Å². The highest BCUT2D eigenvalue weighted by Gasteiger charge is 1.99. The average Bonchev–Trinajstić information content (AvgIpc) is 2.03. The van der Waals surface area contributed by atoms with E-state index in [1.54, 1.807) is 13.2 Å². The number of methoxy groups -OCH3 is 1. The van der Waals surface area contributed by atoms with Crippen molar-refractivity contribution in [2.75, 3.05) is 20.3 Å². The first-order valence-corrected chi connectivity index (χ1v) is 4.88. The van der Waals surface area contributed by atoms with E-state index in [0.717, 1.165) is 3.57 Å². The smallest absolute Gasteiger partial charge is 0.127 e. The van der Waals surface area contributed by atoms with Crippen molar-refractivity contribution in [3.05, 3.63) is 27.6 Å². The Labute approximate surface area is 90.2 Å². The second-order valence-corrected chi connectivity index (χ2v) is 3.69. The van der Waals surface area contributed by atoms with Gasteiger partial charge in [-0.15, -0.1) is 0 Å². The molecule has 72 valence electrons. The van der Waals surface area contributed by atoms with E-state index in [9.17, 15) is 4.39 Å². The Hall–Kier alpha value is -0.360. The van der Waals surface area contributed by atoms with Crippen molar-refractivity contribution in [3.8, 4) is 5.75 Å². The van der Waals surface area contributed by atoms with Crippen LogP contribution in [0.3, 0.4) is 0 Å². The van der Waals surface area contributed by atoms with Crippen LogP contribution in [0.25, 0.3) is 0 Å². The molecule has 4 heteroatoms. The van der Waals surface area contributed by atoms with E-state index in [4.69, 9.17) is 9.47 Å². The van der Waals surface area contributed by atoms with E-state index >= 15 is 0 Å². The minimum absolute atomic E-state index is 0.278. The molecule has 1 aromatic carbocycles. The zero-order valence-electron chi connectivity index (χ0n) is 7.22. The van der Waals surface area contributed by atoms with E-state index in [-0.39, 0.29) is 5.82 Å². The Kier molecular flexibility index (Phi) is 4.44. The number of hydrogen-bond donors (Lipinski definition) is 0. The average molecular weight is 296 g/mol. The third-order valence-corrected chi connectivity index (χ3v) is 2.02. The van der Waals surface area contributed by atoms with Crippen molar-refractivity contribution in [1.29, 1.82) is 0 Å². The zero-order chi connectivity index (χ0) is 9.68. The van der Waals surface area contributed by atoms with Gasteiger partial charge in [0.2, 0.25) is 0 Å². The molecule has 0 amide bonds. The first-order valence-electron chi connectivity index (χ1n) is 3.80. The molecule has 0 aliphatic rings. The number of halogens is 2. The standard InChI is InChI=1S/C9H10FIO2/c1-12-2-3-13-9-5-7(10)4-8(11)6-9/h4-6H,2-3H2,1H3. The summed E-state index contributed by atoms with van der Waals surface area (Å²) in [6.07, 6.45) is 0. The summed E-state index contributed by atoms with van der Waals surface area (Å²) in [5.74, 6) is 0.265. The fourth-order valence-corrected chi connectivity index (χ4v) is 1.46. The largest absolute Gasteiger partial charge is 0.491 e. The molecule has 0 aromatic heterocycles. The van der Waals surface area contributed by atoms with Crippen LogP contribution >= 0.6 is 22.6 Å². The third kappa shape index (κ3) is 3.91. The molecule has 0 bridgehead atoms. The van der Waals surface area contributed by atoms with Crippen molar-refractivity contribution < 1.29 is 13.9 Å². The zero-order valence-corrected chi connectivity index (χ0v) is 9.38. The quantitative estimate of drug-likeness (QED) is 0.627. The van der Waals surface area contributed by atoms with Crippen LogP contribution in [0.1, 0.15) is 0 Å². The first kappa shape index (κ1) is 10.7. The van der Waals surface area contributed by atoms with E-state index in [1.165, 1.54) is 12.1 Å². The minimum atomic E-state index is -0.278. The topological polar surface area (TPSA) is 18.5 Å². The lowest BCUT2D eigenvalue weighted by molar-refractivity contribution is 0.146. The molecule has 0 spiro atoms. The molecule has 0 heterocycles. The molecule has 0 radical (unpaired) electrons. The van der Waals surface area contributed by atoms with E-state index in [2.05, 4.69) is 0 Å². The van der Waals surface area contributed by atoms with Gasteiger partial charge in [-0.3, -0.25) is 0 Å². The maximum atomic E-state index is 12.8. The maximum Gasteiger partial charge on any atom is 0.127 e. The second-order valence-electron chi connectivity index (χ2n) is 2.45. The van der Waals surface area contributed by atoms with Crippen LogP contribution < -0.4 is 4.74 Å². The highest BCUT2D eigenvalue weighted by molar-refractivity contribution is 14.1. The summed E-state index contributed by atoms with van der Waals surface area (Å²) in [6, 6.07) is 4.58. The lowest BCUT2D eigenvalue weighted by Crippen LogP contribution is -2.04. The van der Waals surface area contributed by atoms with Crippen LogP contribution in [-0.2, 0) is 4.74 Å². The van der Waals surface area contributed by atoms with Crippen molar-refractivity contribution in [2.45, 2.75) is 0 Å². The van der Waals surface area contributed by atoms with E-state index in [0.29, 0.717) is 19.0 Å². The molecule has 0 fully saturated rings. The van der Waals surface area contributed by atoms with Crippen LogP contribution in [0.4, 0.5) is 4.39 Å². The highest BCUT2D eigenvalue weighted by Crippen LogP contribution is 2.17. The van der Waals surface area contributed by atoms with Gasteiger partial charge in [-0.25, -0.2) is 4.39 Å². The first-order chi connectivity index (χ1) is 6.22. The van der Waals surface area contributed by atoms with Crippen molar-refractivity contribution in [1.82, 2.24) is 0 Å². The van der Waals surface area contributed by atoms with Gasteiger partial charge in [0, 0.05) is 16.7 Å². The number of rotatable bonds is 4. The molecular weight excluding hydrogens is 286 g/mol. The summed E-state index contributed by atoms with van der Waals surface area (Å²) >= 11 is 2.04. The molecule has 0 atom stereocenters. The monoisotopic (exact) mass is 296 g/mol. The molecule has 0 N–H and O–H groups in total. The molecular formula is C9H10FIO2. The molecule has 2 nitrogen and oxygen atoms in total. The summed E-state index contributed by atoms with van der Waals surface area (Å²) < 4.78 is 23.7. The Morgan fingerprint density at radius 3 is 2.69 bits per heavy atom. The second kappa shape index (κ2) is 5.39. The van der Waals surface area contributed by atoms with Crippen LogP contribution in [0, 0.1) is 9.39 Å². The van der Waals surface area contributed by atoms with Gasteiger partial charge in [-0.2, -0.15) is 0 Å². The molecule has 0 saturated carbocycles. The van der Waals surface area contributed by atoms with Gasteiger partial charge in [-0.1, -0.05) is 0 Å². The van der Waals surface area contributed by atoms with Crippen LogP contribution in [0.5, 0.6) is 5.75 Å². The molecule has 1 rings (SSSR count). The summed E-state index contributed by atoms with van der Waals surface area (Å²) in [5.41, 5.74) is 0. The Morgan fingerprint density at radius 1 is 1.31 bits per heavy atom. The predicted molar refractivity (Wildman–Crippen MR) is 56.5 cm³/mol. The van der Waals surface area contributed by atoms with Gasteiger partial charge in [0.05, 0.1) is 6.61 Å². The lowest BCUT2D eigenvalue weighted by atomic mass is 10.3. The van der Waals surface area contributed by atoms with Crippen LogP contribution in [0.2, 0.25) is 0 Å². The van der Waals surface area contributed by atoms with Gasteiger partial charge >= 0.3 is 0 Å². The van der Waals surface area contributed by atoms with Crippen LogP contribution in [0.15, 0.2) is 18.2 Å². The fourth-order valence-electron chi connectivity index (χ4n) is 0.855. The van der Waals surface area contributed by atoms with Crippen LogP contribution in [-0.4, -0.2) is 20.3 Å². The Bertz CT molecular complexity index is 258. The van der Waals surface area contributed by atoms with Gasteiger partial charge in [0.15, 0.2) is 0 Å². The van der Waals surface area contributed by atoms with Crippen molar-refractivity contribution >= 4 is 22.6 Å². The summed E-state index contributed by atoms with van der Waals surface area (Å²) in [7, 11) is 1.60. The Morgan fingerprint density at radius 2 is 2.08 bits per heavy atom. The Balaban J connectivity index is 2.56. The number of ether oxygens (including phenoxy) is 2. The fraction of sp³-hybridized carbons (Fsp3) is 0.333. The predicted octanol–water partition coefficient (Wildman–Crippen LogP) is 2.46. The summed E-state index contributed by atoms with van der Waals surface area (Å²) in [6.45, 7) is 0.948. The molecule has 0 aliphatic heterocycles. The lowest BCUT2D eigenvalue weighted by Gasteiger charge is -2.05. The maximum absolute atomic E-state index is 12.8. The van der Waals surface area contributed by atoms with E-state index in [1.807, 2.05) is 22.6 Å². The highest BCUT2D eigenvalue weighted by atomic mass is 127. The van der Waals surface area contributed by atoms with Gasteiger partial charge in [-0.05, 0) is 34.7 Å². The third-order valence-electron chi connectivity index (χ3n) is 1.39. The van der Waals surface area contributed by atoms with Gasteiger partial charge < -0.3 is 9.47 Å². The normalized spacial score (nSPS) is 10.1. The summed E-state index contributed by atoms with van der Waals surface area (Å²) in [5, 5.41) is 0. The van der Waals surface area contributed by atoms with Crippen molar-refractivity contribution in [2.24, 2.45) is 0 Å².